The highest BCUT2D eigenvalue weighted by atomic mass is 16.3. The molecule has 3 rings (SSSR count). The quantitative estimate of drug-likeness (QED) is 0.942. The van der Waals surface area contributed by atoms with Crippen LogP contribution in [0.2, 0.25) is 0 Å². The van der Waals surface area contributed by atoms with E-state index in [-0.39, 0.29) is 0 Å². The van der Waals surface area contributed by atoms with Gasteiger partial charge in [-0.05, 0) is 44.4 Å². The van der Waals surface area contributed by atoms with E-state index < -0.39 is 5.60 Å². The van der Waals surface area contributed by atoms with Crippen molar-refractivity contribution in [3.8, 4) is 0 Å². The Hall–Kier alpha value is -1.65. The number of likely N-dealkylation sites (tertiary alicyclic amines) is 1. The van der Waals surface area contributed by atoms with Gasteiger partial charge in [0.15, 0.2) is 0 Å². The number of aromatic nitrogens is 2. The van der Waals surface area contributed by atoms with Gasteiger partial charge >= 0.3 is 0 Å². The van der Waals surface area contributed by atoms with Crippen molar-refractivity contribution < 1.29 is 5.11 Å². The minimum atomic E-state index is -0.708. The van der Waals surface area contributed by atoms with Crippen molar-refractivity contribution in [1.29, 1.82) is 0 Å². The minimum absolute atomic E-state index is 0.706. The van der Waals surface area contributed by atoms with Gasteiger partial charge in [0.2, 0.25) is 0 Å². The Labute approximate surface area is 132 Å². The van der Waals surface area contributed by atoms with Gasteiger partial charge in [-0.25, -0.2) is 0 Å². The van der Waals surface area contributed by atoms with Gasteiger partial charge in [-0.3, -0.25) is 9.58 Å². The monoisotopic (exact) mass is 299 g/mol. The largest absolute Gasteiger partial charge is 0.384 e. The summed E-state index contributed by atoms with van der Waals surface area (Å²) in [4.78, 5) is 2.34. The fraction of sp³-hybridized carbons (Fsp3) is 0.500. The van der Waals surface area contributed by atoms with Crippen LogP contribution in [-0.4, -0.2) is 39.4 Å². The molecule has 1 aromatic heterocycles. The van der Waals surface area contributed by atoms with Crippen LogP contribution in [0.5, 0.6) is 0 Å². The number of rotatable bonds is 4. The third kappa shape index (κ3) is 2.94. The second-order valence-electron chi connectivity index (χ2n) is 6.52. The fourth-order valence-electron chi connectivity index (χ4n) is 3.51. The maximum Gasteiger partial charge on any atom is 0.104 e. The zero-order valence-corrected chi connectivity index (χ0v) is 13.7. The summed E-state index contributed by atoms with van der Waals surface area (Å²) in [5.41, 5.74) is 3.80. The van der Waals surface area contributed by atoms with Crippen LogP contribution < -0.4 is 0 Å². The van der Waals surface area contributed by atoms with Gasteiger partial charge in [0.25, 0.3) is 0 Å². The maximum atomic E-state index is 11.0. The highest BCUT2D eigenvalue weighted by Gasteiger charge is 2.38. The Morgan fingerprint density at radius 3 is 2.64 bits per heavy atom. The zero-order chi connectivity index (χ0) is 15.7. The molecular formula is C18H25N3O. The van der Waals surface area contributed by atoms with E-state index in [1.54, 1.807) is 0 Å². The van der Waals surface area contributed by atoms with Crippen LogP contribution in [0.1, 0.15) is 28.9 Å². The van der Waals surface area contributed by atoms with E-state index in [0.717, 1.165) is 37.3 Å². The molecule has 1 aromatic carbocycles. The minimum Gasteiger partial charge on any atom is -0.384 e. The average molecular weight is 299 g/mol. The van der Waals surface area contributed by atoms with Gasteiger partial charge < -0.3 is 5.11 Å². The Kier molecular flexibility index (Phi) is 4.06. The Balaban J connectivity index is 1.65. The fourth-order valence-corrected chi connectivity index (χ4v) is 3.51. The first-order valence-electron chi connectivity index (χ1n) is 8.00. The second kappa shape index (κ2) is 5.86. The van der Waals surface area contributed by atoms with E-state index in [1.165, 1.54) is 11.3 Å². The van der Waals surface area contributed by atoms with Crippen molar-refractivity contribution in [3.63, 3.8) is 0 Å². The van der Waals surface area contributed by atoms with Crippen LogP contribution in [0.4, 0.5) is 0 Å². The van der Waals surface area contributed by atoms with Crippen molar-refractivity contribution in [3.05, 3.63) is 52.8 Å². The zero-order valence-electron chi connectivity index (χ0n) is 13.7. The molecule has 1 saturated heterocycles. The van der Waals surface area contributed by atoms with E-state index >= 15 is 0 Å². The Morgan fingerprint density at radius 2 is 1.95 bits per heavy atom. The van der Waals surface area contributed by atoms with Crippen LogP contribution in [-0.2, 0) is 12.1 Å². The lowest BCUT2D eigenvalue weighted by Crippen LogP contribution is -2.33. The van der Waals surface area contributed by atoms with Gasteiger partial charge in [-0.1, -0.05) is 24.3 Å². The number of nitrogens with zero attached hydrogens (tertiary/aromatic N) is 3. The number of aryl methyl sites for hydroxylation is 3. The van der Waals surface area contributed by atoms with Gasteiger partial charge in [-0.2, -0.15) is 5.10 Å². The Bertz CT molecular complexity index is 664. The first-order chi connectivity index (χ1) is 10.5. The average Bonchev–Trinajstić information content (AvgIpc) is 3.00. The maximum absolute atomic E-state index is 11.0. The molecule has 0 aliphatic carbocycles. The number of β-amino-alcohol motifs (C(OH)–C–C–N with tert-alkyl or cyclic N) is 1. The highest BCUT2D eigenvalue weighted by Crippen LogP contribution is 2.33. The van der Waals surface area contributed by atoms with Crippen molar-refractivity contribution in [1.82, 2.24) is 14.7 Å². The summed E-state index contributed by atoms with van der Waals surface area (Å²) in [5, 5.41) is 15.5. The van der Waals surface area contributed by atoms with Gasteiger partial charge in [0.1, 0.15) is 5.60 Å². The summed E-state index contributed by atoms with van der Waals surface area (Å²) in [6, 6.07) is 10.3. The molecule has 1 aliphatic rings. The molecule has 0 bridgehead atoms. The molecule has 2 aromatic rings. The van der Waals surface area contributed by atoms with Gasteiger partial charge in [0, 0.05) is 25.3 Å². The van der Waals surface area contributed by atoms with E-state index in [0.29, 0.717) is 6.54 Å². The standard InChI is InChI=1S/C18H25N3O/c1-14-6-4-5-7-17(14)18(22)8-9-20(13-18)10-11-21-16(3)12-15(2)19-21/h4-7,12,22H,8-11,13H2,1-3H3/t18-/m0/s1. The molecule has 22 heavy (non-hydrogen) atoms. The van der Waals surface area contributed by atoms with E-state index in [9.17, 15) is 5.11 Å². The highest BCUT2D eigenvalue weighted by molar-refractivity contribution is 5.32. The summed E-state index contributed by atoms with van der Waals surface area (Å²) in [6.45, 7) is 9.64. The molecule has 1 fully saturated rings. The summed E-state index contributed by atoms with van der Waals surface area (Å²) >= 11 is 0. The number of hydrogen-bond donors (Lipinski definition) is 1. The van der Waals surface area contributed by atoms with Crippen LogP contribution in [0.15, 0.2) is 30.3 Å². The molecule has 1 N–H and O–H groups in total. The van der Waals surface area contributed by atoms with Crippen molar-refractivity contribution >= 4 is 0 Å². The van der Waals surface area contributed by atoms with Crippen molar-refractivity contribution in [2.45, 2.75) is 39.3 Å². The molecule has 0 amide bonds. The topological polar surface area (TPSA) is 41.3 Å². The van der Waals surface area contributed by atoms with E-state index in [1.807, 2.05) is 19.1 Å². The van der Waals surface area contributed by atoms with Crippen LogP contribution in [0, 0.1) is 20.8 Å². The van der Waals surface area contributed by atoms with Crippen molar-refractivity contribution in [2.75, 3.05) is 19.6 Å². The van der Waals surface area contributed by atoms with Gasteiger partial charge in [-0.15, -0.1) is 0 Å². The predicted octanol–water partition coefficient (Wildman–Crippen LogP) is 2.40. The first kappa shape index (κ1) is 15.3. The number of aliphatic hydroxyl groups is 1. The summed E-state index contributed by atoms with van der Waals surface area (Å²) in [6.07, 6.45) is 0.801. The van der Waals surface area contributed by atoms with Crippen LogP contribution in [0.25, 0.3) is 0 Å². The lowest BCUT2D eigenvalue weighted by Gasteiger charge is -2.25. The third-order valence-electron chi connectivity index (χ3n) is 4.70. The normalized spacial score (nSPS) is 22.4. The molecule has 0 radical (unpaired) electrons. The molecule has 1 aliphatic heterocycles. The number of hydrogen-bond acceptors (Lipinski definition) is 3. The SMILES string of the molecule is Cc1cc(C)n(CCN2CC[C@@](O)(c3ccccc3C)C2)n1. The smallest absolute Gasteiger partial charge is 0.104 e. The number of benzene rings is 1. The lowest BCUT2D eigenvalue weighted by atomic mass is 9.89. The molecule has 4 nitrogen and oxygen atoms in total. The molecule has 2 heterocycles. The van der Waals surface area contributed by atoms with E-state index in [4.69, 9.17) is 0 Å². The molecule has 1 atom stereocenters. The third-order valence-corrected chi connectivity index (χ3v) is 4.70. The van der Waals surface area contributed by atoms with Crippen LogP contribution >= 0.6 is 0 Å². The van der Waals surface area contributed by atoms with Crippen LogP contribution in [0.3, 0.4) is 0 Å². The Morgan fingerprint density at radius 1 is 1.18 bits per heavy atom. The summed E-state index contributed by atoms with van der Waals surface area (Å²) in [5.74, 6) is 0. The molecule has 4 heteroatoms. The molecular weight excluding hydrogens is 274 g/mol. The first-order valence-corrected chi connectivity index (χ1v) is 8.00. The second-order valence-corrected chi connectivity index (χ2v) is 6.52. The summed E-state index contributed by atoms with van der Waals surface area (Å²) in [7, 11) is 0. The molecule has 0 spiro atoms. The van der Waals surface area contributed by atoms with Crippen molar-refractivity contribution in [2.24, 2.45) is 0 Å². The molecule has 0 saturated carbocycles. The molecule has 118 valence electrons. The summed E-state index contributed by atoms with van der Waals surface area (Å²) < 4.78 is 2.06. The molecule has 0 unspecified atom stereocenters. The predicted molar refractivity (Wildman–Crippen MR) is 87.8 cm³/mol. The van der Waals surface area contributed by atoms with Gasteiger partial charge in [0.05, 0.1) is 12.2 Å². The van der Waals surface area contributed by atoms with E-state index in [2.05, 4.69) is 46.7 Å². The lowest BCUT2D eigenvalue weighted by molar-refractivity contribution is 0.0450.